The number of hydrogen-bond donors (Lipinski definition) is 0. The van der Waals surface area contributed by atoms with E-state index in [0.29, 0.717) is 13.0 Å². The van der Waals surface area contributed by atoms with Gasteiger partial charge in [-0.2, -0.15) is 0 Å². The van der Waals surface area contributed by atoms with E-state index in [9.17, 15) is 9.18 Å². The summed E-state index contributed by atoms with van der Waals surface area (Å²) >= 11 is 5.71. The zero-order chi connectivity index (χ0) is 13.8. The van der Waals surface area contributed by atoms with Crippen molar-refractivity contribution < 1.29 is 13.9 Å². The SMILES string of the molecule is C=CC(C)(Cc1ccc(F)c(Cl)c1)C(=O)OCC. The van der Waals surface area contributed by atoms with Gasteiger partial charge in [-0.25, -0.2) is 4.39 Å². The Morgan fingerprint density at radius 1 is 1.61 bits per heavy atom. The number of halogens is 2. The minimum Gasteiger partial charge on any atom is -0.465 e. The van der Waals surface area contributed by atoms with Gasteiger partial charge in [-0.05, 0) is 38.0 Å². The second kappa shape index (κ2) is 6.01. The van der Waals surface area contributed by atoms with Crippen molar-refractivity contribution in [2.75, 3.05) is 6.61 Å². The average Bonchev–Trinajstić information content (AvgIpc) is 2.34. The lowest BCUT2D eigenvalue weighted by Crippen LogP contribution is -2.30. The topological polar surface area (TPSA) is 26.3 Å². The number of carbonyl (C=O) groups is 1. The lowest BCUT2D eigenvalue weighted by molar-refractivity contribution is -0.151. The van der Waals surface area contributed by atoms with Crippen LogP contribution in [-0.2, 0) is 16.0 Å². The van der Waals surface area contributed by atoms with E-state index in [1.807, 2.05) is 0 Å². The monoisotopic (exact) mass is 270 g/mol. The first-order chi connectivity index (χ1) is 8.42. The van der Waals surface area contributed by atoms with Gasteiger partial charge in [0, 0.05) is 0 Å². The van der Waals surface area contributed by atoms with E-state index in [4.69, 9.17) is 16.3 Å². The summed E-state index contributed by atoms with van der Waals surface area (Å²) in [5, 5.41) is 0.0442. The third-order valence-electron chi connectivity index (χ3n) is 2.75. The summed E-state index contributed by atoms with van der Waals surface area (Å²) in [5.74, 6) is -0.822. The summed E-state index contributed by atoms with van der Waals surface area (Å²) in [6, 6.07) is 4.40. The molecular weight excluding hydrogens is 255 g/mol. The summed E-state index contributed by atoms with van der Waals surface area (Å²) < 4.78 is 18.1. The Kier molecular flexibility index (Phi) is 4.91. The molecule has 0 heterocycles. The number of hydrogen-bond acceptors (Lipinski definition) is 2. The molecule has 0 aliphatic rings. The summed E-state index contributed by atoms with van der Waals surface area (Å²) in [4.78, 5) is 11.9. The quantitative estimate of drug-likeness (QED) is 0.601. The first-order valence-electron chi connectivity index (χ1n) is 5.67. The Balaban J connectivity index is 2.94. The van der Waals surface area contributed by atoms with Crippen molar-refractivity contribution in [3.05, 3.63) is 47.3 Å². The lowest BCUT2D eigenvalue weighted by atomic mass is 9.84. The molecule has 1 aromatic rings. The number of esters is 1. The molecule has 1 atom stereocenters. The maximum atomic E-state index is 13.0. The molecule has 1 unspecified atom stereocenters. The molecule has 2 nitrogen and oxygen atoms in total. The maximum Gasteiger partial charge on any atom is 0.315 e. The van der Waals surface area contributed by atoms with Crippen LogP contribution in [0.3, 0.4) is 0 Å². The summed E-state index contributed by atoms with van der Waals surface area (Å²) in [6.07, 6.45) is 1.91. The van der Waals surface area contributed by atoms with Gasteiger partial charge in [-0.3, -0.25) is 4.79 Å². The minimum atomic E-state index is -0.836. The third-order valence-corrected chi connectivity index (χ3v) is 3.04. The van der Waals surface area contributed by atoms with Crippen molar-refractivity contribution in [3.8, 4) is 0 Å². The molecule has 0 bridgehead atoms. The fourth-order valence-electron chi connectivity index (χ4n) is 1.60. The van der Waals surface area contributed by atoms with E-state index in [1.54, 1.807) is 26.0 Å². The number of ether oxygens (including phenoxy) is 1. The fraction of sp³-hybridized carbons (Fsp3) is 0.357. The van der Waals surface area contributed by atoms with Gasteiger partial charge in [0.05, 0.1) is 17.0 Å². The van der Waals surface area contributed by atoms with Crippen LogP contribution in [0.5, 0.6) is 0 Å². The van der Waals surface area contributed by atoms with E-state index in [0.717, 1.165) is 5.56 Å². The molecule has 0 spiro atoms. The predicted octanol–water partition coefficient (Wildman–Crippen LogP) is 3.78. The first kappa shape index (κ1) is 14.7. The van der Waals surface area contributed by atoms with Gasteiger partial charge in [0.25, 0.3) is 0 Å². The minimum absolute atomic E-state index is 0.0442. The highest BCUT2D eigenvalue weighted by molar-refractivity contribution is 6.30. The van der Waals surface area contributed by atoms with Crippen molar-refractivity contribution in [3.63, 3.8) is 0 Å². The highest BCUT2D eigenvalue weighted by Gasteiger charge is 2.31. The molecule has 0 N–H and O–H groups in total. The molecule has 0 saturated carbocycles. The zero-order valence-corrected chi connectivity index (χ0v) is 11.3. The van der Waals surface area contributed by atoms with Crippen molar-refractivity contribution in [2.24, 2.45) is 5.41 Å². The van der Waals surface area contributed by atoms with Crippen LogP contribution in [0, 0.1) is 11.2 Å². The summed E-state index contributed by atoms with van der Waals surface area (Å²) in [7, 11) is 0. The molecular formula is C14H16ClFO2. The van der Waals surface area contributed by atoms with Crippen LogP contribution in [0.1, 0.15) is 19.4 Å². The van der Waals surface area contributed by atoms with Gasteiger partial charge in [-0.15, -0.1) is 6.58 Å². The molecule has 0 radical (unpaired) electrons. The molecule has 0 saturated heterocycles. The number of rotatable bonds is 5. The van der Waals surface area contributed by atoms with Crippen LogP contribution in [0.2, 0.25) is 5.02 Å². The molecule has 1 rings (SSSR count). The Bertz CT molecular complexity index is 459. The van der Waals surface area contributed by atoms with E-state index >= 15 is 0 Å². The van der Waals surface area contributed by atoms with E-state index in [2.05, 4.69) is 6.58 Å². The van der Waals surface area contributed by atoms with Gasteiger partial charge in [0.2, 0.25) is 0 Å². The van der Waals surface area contributed by atoms with Crippen molar-refractivity contribution >= 4 is 17.6 Å². The predicted molar refractivity (Wildman–Crippen MR) is 70.1 cm³/mol. The molecule has 18 heavy (non-hydrogen) atoms. The van der Waals surface area contributed by atoms with Gasteiger partial charge >= 0.3 is 5.97 Å². The molecule has 0 aliphatic carbocycles. The Hall–Kier alpha value is -1.35. The second-order valence-electron chi connectivity index (χ2n) is 4.27. The largest absolute Gasteiger partial charge is 0.465 e. The zero-order valence-electron chi connectivity index (χ0n) is 10.5. The van der Waals surface area contributed by atoms with Crippen LogP contribution < -0.4 is 0 Å². The Morgan fingerprint density at radius 3 is 2.78 bits per heavy atom. The van der Waals surface area contributed by atoms with E-state index in [-0.39, 0.29) is 11.0 Å². The highest BCUT2D eigenvalue weighted by atomic mass is 35.5. The summed E-state index contributed by atoms with van der Waals surface area (Å²) in [5.41, 5.74) is -0.0752. The van der Waals surface area contributed by atoms with Gasteiger partial charge < -0.3 is 4.74 Å². The van der Waals surface area contributed by atoms with Crippen LogP contribution >= 0.6 is 11.6 Å². The normalized spacial score (nSPS) is 13.8. The molecule has 4 heteroatoms. The fourth-order valence-corrected chi connectivity index (χ4v) is 1.80. The van der Waals surface area contributed by atoms with Crippen molar-refractivity contribution in [2.45, 2.75) is 20.3 Å². The number of benzene rings is 1. The van der Waals surface area contributed by atoms with E-state index in [1.165, 1.54) is 12.1 Å². The van der Waals surface area contributed by atoms with Gasteiger partial charge in [0.15, 0.2) is 0 Å². The highest BCUT2D eigenvalue weighted by Crippen LogP contribution is 2.27. The van der Waals surface area contributed by atoms with Crippen LogP contribution in [0.4, 0.5) is 4.39 Å². The molecule has 0 amide bonds. The van der Waals surface area contributed by atoms with Gasteiger partial charge in [0.1, 0.15) is 5.82 Å². The smallest absolute Gasteiger partial charge is 0.315 e. The standard InChI is InChI=1S/C14H16ClFO2/c1-4-14(3,13(17)18-5-2)9-10-6-7-12(16)11(15)8-10/h4,6-8H,1,5,9H2,2-3H3. The Morgan fingerprint density at radius 2 is 2.28 bits per heavy atom. The van der Waals surface area contributed by atoms with Crippen molar-refractivity contribution in [1.82, 2.24) is 0 Å². The molecule has 98 valence electrons. The van der Waals surface area contributed by atoms with E-state index < -0.39 is 11.2 Å². The van der Waals surface area contributed by atoms with Gasteiger partial charge in [-0.1, -0.05) is 23.7 Å². The lowest BCUT2D eigenvalue weighted by Gasteiger charge is -2.23. The molecule has 0 fully saturated rings. The molecule has 0 aromatic heterocycles. The third kappa shape index (κ3) is 3.33. The Labute approximate surface area is 111 Å². The molecule has 0 aliphatic heterocycles. The maximum absolute atomic E-state index is 13.0. The van der Waals surface area contributed by atoms with Crippen LogP contribution in [-0.4, -0.2) is 12.6 Å². The number of carbonyl (C=O) groups excluding carboxylic acids is 1. The summed E-state index contributed by atoms with van der Waals surface area (Å²) in [6.45, 7) is 7.45. The second-order valence-corrected chi connectivity index (χ2v) is 4.67. The first-order valence-corrected chi connectivity index (χ1v) is 6.05. The van der Waals surface area contributed by atoms with Crippen LogP contribution in [0.15, 0.2) is 30.9 Å². The van der Waals surface area contributed by atoms with Crippen molar-refractivity contribution in [1.29, 1.82) is 0 Å². The molecule has 1 aromatic carbocycles. The van der Waals surface area contributed by atoms with Crippen LogP contribution in [0.25, 0.3) is 0 Å². The average molecular weight is 271 g/mol.